The molecular weight excluding hydrogens is 298 g/mol. The maximum absolute atomic E-state index is 12.2. The Morgan fingerprint density at radius 3 is 2.41 bits per heavy atom. The van der Waals surface area contributed by atoms with Gasteiger partial charge in [0.25, 0.3) is 0 Å². The van der Waals surface area contributed by atoms with Crippen molar-refractivity contribution in [3.05, 3.63) is 60.8 Å². The molecule has 112 valence electrons. The molecule has 0 aliphatic rings. The second-order valence-corrected chi connectivity index (χ2v) is 7.03. The van der Waals surface area contributed by atoms with Crippen LogP contribution in [-0.2, 0) is 9.84 Å². The van der Waals surface area contributed by atoms with Crippen molar-refractivity contribution in [2.45, 2.75) is 11.8 Å². The van der Waals surface area contributed by atoms with Gasteiger partial charge in [0.2, 0.25) is 0 Å². The lowest BCUT2D eigenvalue weighted by Gasteiger charge is -2.06. The molecule has 5 nitrogen and oxygen atoms in total. The summed E-state index contributed by atoms with van der Waals surface area (Å²) in [6, 6.07) is 16.4. The monoisotopic (exact) mass is 313 g/mol. The maximum atomic E-state index is 12.2. The largest absolute Gasteiger partial charge is 0.224 e. The van der Waals surface area contributed by atoms with Crippen molar-refractivity contribution in [1.82, 2.24) is 15.0 Å². The van der Waals surface area contributed by atoms with E-state index in [0.717, 1.165) is 5.69 Å². The summed E-state index contributed by atoms with van der Waals surface area (Å²) in [7, 11) is -3.31. The van der Waals surface area contributed by atoms with Crippen LogP contribution in [0.5, 0.6) is 0 Å². The first-order valence-electron chi connectivity index (χ1n) is 6.92. The predicted molar refractivity (Wildman–Crippen MR) is 84.5 cm³/mol. The lowest BCUT2D eigenvalue weighted by atomic mass is 10.2. The Morgan fingerprint density at radius 1 is 1.00 bits per heavy atom. The average Bonchev–Trinajstić information content (AvgIpc) is 3.05. The Morgan fingerprint density at radius 2 is 1.68 bits per heavy atom. The van der Waals surface area contributed by atoms with E-state index in [1.54, 1.807) is 42.1 Å². The second kappa shape index (κ2) is 5.73. The topological polar surface area (TPSA) is 64.8 Å². The third-order valence-corrected chi connectivity index (χ3v) is 5.18. The fourth-order valence-corrected chi connectivity index (χ4v) is 3.30. The molecule has 0 fully saturated rings. The van der Waals surface area contributed by atoms with Gasteiger partial charge >= 0.3 is 0 Å². The number of hydrogen-bond acceptors (Lipinski definition) is 4. The summed E-state index contributed by atoms with van der Waals surface area (Å²) < 4.78 is 26.1. The van der Waals surface area contributed by atoms with E-state index in [-0.39, 0.29) is 10.6 Å². The molecule has 0 amide bonds. The minimum Gasteiger partial charge on any atom is -0.224 e. The predicted octanol–water partition coefficient (Wildman–Crippen LogP) is 2.73. The van der Waals surface area contributed by atoms with Gasteiger partial charge in [0, 0.05) is 5.56 Å². The van der Waals surface area contributed by atoms with E-state index in [2.05, 4.69) is 10.3 Å². The number of hydrogen-bond donors (Lipinski definition) is 0. The van der Waals surface area contributed by atoms with E-state index in [1.165, 1.54) is 0 Å². The van der Waals surface area contributed by atoms with E-state index in [1.807, 2.05) is 30.3 Å². The fraction of sp³-hybridized carbons (Fsp3) is 0.125. The first kappa shape index (κ1) is 14.5. The zero-order valence-electron chi connectivity index (χ0n) is 12.0. The molecule has 0 unspecified atom stereocenters. The van der Waals surface area contributed by atoms with Crippen LogP contribution >= 0.6 is 0 Å². The summed E-state index contributed by atoms with van der Waals surface area (Å²) in [6.45, 7) is 1.63. The van der Waals surface area contributed by atoms with Gasteiger partial charge in [0.1, 0.15) is 5.69 Å². The average molecular weight is 313 g/mol. The number of nitrogens with zero attached hydrogens (tertiary/aromatic N) is 3. The van der Waals surface area contributed by atoms with Gasteiger partial charge in [-0.3, -0.25) is 0 Å². The number of aromatic nitrogens is 3. The Bertz CT molecular complexity index is 887. The zero-order chi connectivity index (χ0) is 15.6. The standard InChI is InChI=1S/C16H15N3O2S/c1-2-22(20,21)16-11-7-6-10-14(16)15-12-19(18-17-15)13-8-4-3-5-9-13/h3-12H,2H2,1H3. The summed E-state index contributed by atoms with van der Waals surface area (Å²) in [5, 5.41) is 8.20. The number of sulfone groups is 1. The van der Waals surface area contributed by atoms with Gasteiger partial charge in [-0.15, -0.1) is 5.10 Å². The van der Waals surface area contributed by atoms with Crippen LogP contribution in [0, 0.1) is 0 Å². The smallest absolute Gasteiger partial charge is 0.178 e. The van der Waals surface area contributed by atoms with Gasteiger partial charge in [0.15, 0.2) is 9.84 Å². The van der Waals surface area contributed by atoms with Crippen LogP contribution in [0.15, 0.2) is 65.7 Å². The Hall–Kier alpha value is -2.47. The molecule has 0 aliphatic carbocycles. The van der Waals surface area contributed by atoms with E-state index >= 15 is 0 Å². The van der Waals surface area contributed by atoms with Gasteiger partial charge < -0.3 is 0 Å². The third-order valence-electron chi connectivity index (χ3n) is 3.39. The van der Waals surface area contributed by atoms with Crippen LogP contribution in [0.1, 0.15) is 6.92 Å². The SMILES string of the molecule is CCS(=O)(=O)c1ccccc1-c1cn(-c2ccccc2)nn1. The molecule has 1 heterocycles. The van der Waals surface area contributed by atoms with E-state index in [0.29, 0.717) is 11.3 Å². The second-order valence-electron chi connectivity index (χ2n) is 4.78. The molecule has 0 saturated heterocycles. The Kier molecular flexibility index (Phi) is 3.77. The highest BCUT2D eigenvalue weighted by atomic mass is 32.2. The molecule has 0 N–H and O–H groups in total. The van der Waals surface area contributed by atoms with E-state index in [9.17, 15) is 8.42 Å². The molecule has 0 saturated carbocycles. The molecule has 0 radical (unpaired) electrons. The van der Waals surface area contributed by atoms with Crippen LogP contribution in [-0.4, -0.2) is 29.2 Å². The number of benzene rings is 2. The highest BCUT2D eigenvalue weighted by Gasteiger charge is 2.19. The molecule has 0 bridgehead atoms. The Labute approximate surface area is 129 Å². The molecule has 1 aromatic heterocycles. The molecule has 3 rings (SSSR count). The number of rotatable bonds is 4. The van der Waals surface area contributed by atoms with Gasteiger partial charge in [0.05, 0.1) is 22.5 Å². The van der Waals surface area contributed by atoms with Crippen LogP contribution in [0.25, 0.3) is 16.9 Å². The van der Waals surface area contributed by atoms with Crippen LogP contribution in [0.4, 0.5) is 0 Å². The van der Waals surface area contributed by atoms with E-state index in [4.69, 9.17) is 0 Å². The molecule has 3 aromatic rings. The van der Waals surface area contributed by atoms with Crippen LogP contribution in [0.3, 0.4) is 0 Å². The van der Waals surface area contributed by atoms with Crippen LogP contribution in [0.2, 0.25) is 0 Å². The molecular formula is C16H15N3O2S. The third kappa shape index (κ3) is 2.65. The van der Waals surface area contributed by atoms with Crippen molar-refractivity contribution < 1.29 is 8.42 Å². The molecule has 0 atom stereocenters. The Balaban J connectivity index is 2.09. The molecule has 22 heavy (non-hydrogen) atoms. The van der Waals surface area contributed by atoms with Gasteiger partial charge in [-0.05, 0) is 18.2 Å². The zero-order valence-corrected chi connectivity index (χ0v) is 12.9. The van der Waals surface area contributed by atoms with Crippen molar-refractivity contribution >= 4 is 9.84 Å². The fourth-order valence-electron chi connectivity index (χ4n) is 2.20. The summed E-state index contributed by atoms with van der Waals surface area (Å²) >= 11 is 0. The highest BCUT2D eigenvalue weighted by Crippen LogP contribution is 2.26. The van der Waals surface area contributed by atoms with Crippen molar-refractivity contribution in [2.24, 2.45) is 0 Å². The van der Waals surface area contributed by atoms with E-state index < -0.39 is 9.84 Å². The van der Waals surface area contributed by atoms with Gasteiger partial charge in [-0.25, -0.2) is 13.1 Å². The molecule has 6 heteroatoms. The van der Waals surface area contributed by atoms with Crippen molar-refractivity contribution in [1.29, 1.82) is 0 Å². The minimum atomic E-state index is -3.31. The van der Waals surface area contributed by atoms with Crippen LogP contribution < -0.4 is 0 Å². The number of para-hydroxylation sites is 1. The summed E-state index contributed by atoms with van der Waals surface area (Å²) in [6.07, 6.45) is 1.74. The lowest BCUT2D eigenvalue weighted by Crippen LogP contribution is -2.05. The first-order valence-corrected chi connectivity index (χ1v) is 8.57. The van der Waals surface area contributed by atoms with Crippen molar-refractivity contribution in [2.75, 3.05) is 5.75 Å². The molecule has 0 aliphatic heterocycles. The van der Waals surface area contributed by atoms with Gasteiger partial charge in [-0.1, -0.05) is 48.5 Å². The summed E-state index contributed by atoms with van der Waals surface area (Å²) in [4.78, 5) is 0.289. The molecule has 2 aromatic carbocycles. The minimum absolute atomic E-state index is 0.0524. The quantitative estimate of drug-likeness (QED) is 0.743. The highest BCUT2D eigenvalue weighted by molar-refractivity contribution is 7.91. The maximum Gasteiger partial charge on any atom is 0.178 e. The first-order chi connectivity index (χ1) is 10.6. The van der Waals surface area contributed by atoms with Crippen molar-refractivity contribution in [3.8, 4) is 16.9 Å². The normalized spacial score (nSPS) is 11.5. The lowest BCUT2D eigenvalue weighted by molar-refractivity contribution is 0.597. The summed E-state index contributed by atoms with van der Waals surface area (Å²) in [5.41, 5.74) is 1.99. The molecule has 0 spiro atoms. The van der Waals surface area contributed by atoms with Gasteiger partial charge in [-0.2, -0.15) is 0 Å². The summed E-state index contributed by atoms with van der Waals surface area (Å²) in [5.74, 6) is 0.0524. The van der Waals surface area contributed by atoms with Crippen molar-refractivity contribution in [3.63, 3.8) is 0 Å².